The van der Waals surface area contributed by atoms with Gasteiger partial charge in [-0.1, -0.05) is 42.5 Å². The summed E-state index contributed by atoms with van der Waals surface area (Å²) < 4.78 is 0. The van der Waals surface area contributed by atoms with E-state index in [9.17, 15) is 19.2 Å². The first-order valence-electron chi connectivity index (χ1n) is 7.88. The van der Waals surface area contributed by atoms with Gasteiger partial charge in [0.05, 0.1) is 11.4 Å². The van der Waals surface area contributed by atoms with Crippen molar-refractivity contribution in [1.82, 2.24) is 0 Å². The van der Waals surface area contributed by atoms with Crippen LogP contribution in [0.1, 0.15) is 0 Å². The summed E-state index contributed by atoms with van der Waals surface area (Å²) in [6, 6.07) is 14.1. The molecule has 126 valence electrons. The Kier molecular flexibility index (Phi) is 3.58. The van der Waals surface area contributed by atoms with Gasteiger partial charge in [0.1, 0.15) is 0 Å². The third-order valence-corrected chi connectivity index (χ3v) is 4.18. The molecule has 26 heavy (non-hydrogen) atoms. The molecule has 2 heterocycles. The number of hydrogen-bond donors (Lipinski definition) is 0. The number of carbonyl (C=O) groups excluding carboxylic acids is 4. The van der Waals surface area contributed by atoms with Gasteiger partial charge in [-0.25, -0.2) is 9.80 Å². The molecule has 0 aromatic heterocycles. The van der Waals surface area contributed by atoms with E-state index in [4.69, 9.17) is 0 Å². The monoisotopic (exact) mass is 344 g/mol. The van der Waals surface area contributed by atoms with Crippen molar-refractivity contribution in [3.63, 3.8) is 0 Å². The van der Waals surface area contributed by atoms with Crippen molar-refractivity contribution >= 4 is 35.0 Å². The fourth-order valence-corrected chi connectivity index (χ4v) is 3.06. The second-order valence-electron chi connectivity index (χ2n) is 5.73. The van der Waals surface area contributed by atoms with Gasteiger partial charge in [-0.2, -0.15) is 0 Å². The molecule has 4 amide bonds. The fraction of sp³-hybridized carbons (Fsp3) is 0. The van der Waals surface area contributed by atoms with Crippen LogP contribution in [0.2, 0.25) is 0 Å². The summed E-state index contributed by atoms with van der Waals surface area (Å²) in [5.41, 5.74) is 1.73. The molecule has 0 N–H and O–H groups in total. The van der Waals surface area contributed by atoms with Gasteiger partial charge < -0.3 is 0 Å². The van der Waals surface area contributed by atoms with E-state index in [2.05, 4.69) is 0 Å². The lowest BCUT2D eigenvalue weighted by molar-refractivity contribution is -0.122. The van der Waals surface area contributed by atoms with Gasteiger partial charge >= 0.3 is 0 Å². The van der Waals surface area contributed by atoms with Gasteiger partial charge in [0.2, 0.25) is 0 Å². The molecule has 6 heteroatoms. The zero-order chi connectivity index (χ0) is 18.3. The van der Waals surface area contributed by atoms with E-state index in [-0.39, 0.29) is 11.4 Å². The van der Waals surface area contributed by atoms with Crippen LogP contribution in [0.25, 0.3) is 11.1 Å². The van der Waals surface area contributed by atoms with Gasteiger partial charge in [0, 0.05) is 29.9 Å². The van der Waals surface area contributed by atoms with Crippen LogP contribution in [0.15, 0.2) is 72.8 Å². The Hall–Kier alpha value is -3.80. The third kappa shape index (κ3) is 2.36. The molecule has 2 aromatic rings. The number of carbonyl (C=O) groups is 4. The molecule has 6 nitrogen and oxygen atoms in total. The molecular formula is C20H12N2O4. The van der Waals surface area contributed by atoms with Crippen molar-refractivity contribution in [3.8, 4) is 11.1 Å². The number of nitrogens with zero attached hydrogens (tertiary/aromatic N) is 2. The molecular weight excluding hydrogens is 332 g/mol. The molecule has 0 radical (unpaired) electrons. The van der Waals surface area contributed by atoms with Crippen LogP contribution in [0.3, 0.4) is 0 Å². The van der Waals surface area contributed by atoms with Crippen molar-refractivity contribution in [1.29, 1.82) is 0 Å². The maximum atomic E-state index is 12.3. The first kappa shape index (κ1) is 15.7. The van der Waals surface area contributed by atoms with E-state index >= 15 is 0 Å². The number of anilines is 2. The quantitative estimate of drug-likeness (QED) is 0.800. The Morgan fingerprint density at radius 3 is 1.65 bits per heavy atom. The summed E-state index contributed by atoms with van der Waals surface area (Å²) in [6.45, 7) is 0. The number of benzene rings is 2. The van der Waals surface area contributed by atoms with Crippen molar-refractivity contribution in [2.45, 2.75) is 0 Å². The van der Waals surface area contributed by atoms with Crippen LogP contribution >= 0.6 is 0 Å². The normalized spacial score (nSPS) is 16.3. The SMILES string of the molecule is O=C1C=CC(=O)N1c1cccc(-c2ccccc2)c1N1C(=O)C=CC1=O. The standard InChI is InChI=1S/C20H12N2O4/c23-16-9-10-17(24)21(16)15-8-4-7-14(13-5-2-1-3-6-13)20(15)22-18(25)11-12-19(22)26/h1-12H. The van der Waals surface area contributed by atoms with Gasteiger partial charge in [0.15, 0.2) is 0 Å². The smallest absolute Gasteiger partial charge is 0.258 e. The summed E-state index contributed by atoms with van der Waals surface area (Å²) in [7, 11) is 0. The molecule has 0 unspecified atom stereocenters. The summed E-state index contributed by atoms with van der Waals surface area (Å²) in [4.78, 5) is 50.9. The van der Waals surface area contributed by atoms with Gasteiger partial charge in [-0.3, -0.25) is 19.2 Å². The number of hydrogen-bond acceptors (Lipinski definition) is 4. The highest BCUT2D eigenvalue weighted by Crippen LogP contribution is 2.41. The van der Waals surface area contributed by atoms with Crippen LogP contribution in [0.4, 0.5) is 11.4 Å². The molecule has 4 rings (SSSR count). The highest BCUT2D eigenvalue weighted by Gasteiger charge is 2.35. The Morgan fingerprint density at radius 1 is 0.538 bits per heavy atom. The zero-order valence-corrected chi connectivity index (χ0v) is 13.5. The van der Waals surface area contributed by atoms with Crippen LogP contribution in [0.5, 0.6) is 0 Å². The Balaban J connectivity index is 1.98. The summed E-state index contributed by atoms with van der Waals surface area (Å²) in [6.07, 6.45) is 4.65. The molecule has 0 saturated heterocycles. The summed E-state index contributed by atoms with van der Waals surface area (Å²) >= 11 is 0. The van der Waals surface area contributed by atoms with Crippen molar-refractivity contribution < 1.29 is 19.2 Å². The number of imide groups is 2. The summed E-state index contributed by atoms with van der Waals surface area (Å²) in [5.74, 6) is -2.08. The average molecular weight is 344 g/mol. The van der Waals surface area contributed by atoms with Crippen LogP contribution in [0, 0.1) is 0 Å². The van der Waals surface area contributed by atoms with Crippen LogP contribution in [-0.2, 0) is 19.2 Å². The fourth-order valence-electron chi connectivity index (χ4n) is 3.06. The van der Waals surface area contributed by atoms with E-state index < -0.39 is 23.6 Å². The molecule has 2 aromatic carbocycles. The summed E-state index contributed by atoms with van der Waals surface area (Å²) in [5, 5.41) is 0. The maximum absolute atomic E-state index is 12.3. The first-order valence-corrected chi connectivity index (χ1v) is 7.88. The largest absolute Gasteiger partial charge is 0.269 e. The second-order valence-corrected chi connectivity index (χ2v) is 5.73. The average Bonchev–Trinajstić information content (AvgIpc) is 3.16. The third-order valence-electron chi connectivity index (χ3n) is 4.18. The van der Waals surface area contributed by atoms with E-state index in [1.54, 1.807) is 18.2 Å². The molecule has 0 saturated carbocycles. The highest BCUT2D eigenvalue weighted by molar-refractivity contribution is 6.34. The molecule has 0 atom stereocenters. The minimum Gasteiger partial charge on any atom is -0.269 e. The predicted molar refractivity (Wildman–Crippen MR) is 95.1 cm³/mol. The molecule has 0 spiro atoms. The lowest BCUT2D eigenvalue weighted by atomic mass is 10.0. The molecule has 2 aliphatic rings. The first-order chi connectivity index (χ1) is 12.6. The molecule has 0 bridgehead atoms. The predicted octanol–water partition coefficient (Wildman–Crippen LogP) is 2.21. The van der Waals surface area contributed by atoms with Crippen LogP contribution in [-0.4, -0.2) is 23.6 Å². The molecule has 0 fully saturated rings. The maximum Gasteiger partial charge on any atom is 0.258 e. The minimum atomic E-state index is -0.522. The van der Waals surface area contributed by atoms with Gasteiger partial charge in [0.25, 0.3) is 23.6 Å². The van der Waals surface area contributed by atoms with E-state index in [0.717, 1.165) is 27.5 Å². The van der Waals surface area contributed by atoms with Gasteiger partial charge in [-0.15, -0.1) is 0 Å². The van der Waals surface area contributed by atoms with Crippen molar-refractivity contribution in [2.75, 3.05) is 9.80 Å². The van der Waals surface area contributed by atoms with E-state index in [1.807, 2.05) is 30.3 Å². The van der Waals surface area contributed by atoms with E-state index in [1.165, 1.54) is 12.2 Å². The Labute approximate surface area is 148 Å². The Morgan fingerprint density at radius 2 is 1.08 bits per heavy atom. The number of rotatable bonds is 3. The van der Waals surface area contributed by atoms with E-state index in [0.29, 0.717) is 5.56 Å². The second kappa shape index (κ2) is 5.93. The van der Waals surface area contributed by atoms with Crippen molar-refractivity contribution in [2.24, 2.45) is 0 Å². The van der Waals surface area contributed by atoms with Gasteiger partial charge in [-0.05, 0) is 11.6 Å². The molecule has 0 aliphatic carbocycles. The lowest BCUT2D eigenvalue weighted by Gasteiger charge is -2.25. The number of para-hydroxylation sites is 1. The zero-order valence-electron chi connectivity index (χ0n) is 13.5. The lowest BCUT2D eigenvalue weighted by Crippen LogP contribution is -2.35. The Bertz CT molecular complexity index is 985. The topological polar surface area (TPSA) is 74.8 Å². The van der Waals surface area contributed by atoms with Crippen LogP contribution < -0.4 is 9.80 Å². The minimum absolute atomic E-state index is 0.191. The molecule has 2 aliphatic heterocycles. The highest BCUT2D eigenvalue weighted by atomic mass is 16.2. The van der Waals surface area contributed by atoms with Crippen molar-refractivity contribution in [3.05, 3.63) is 72.8 Å². The number of amides is 4.